The molecule has 0 amide bonds. The van der Waals surface area contributed by atoms with Crippen LogP contribution >= 0.6 is 11.6 Å². The largest absolute Gasteiger partial charge is 0.416 e. The van der Waals surface area contributed by atoms with Crippen LogP contribution in [-0.2, 0) is 6.18 Å². The van der Waals surface area contributed by atoms with Gasteiger partial charge in [0.25, 0.3) is 0 Å². The molecule has 2 rings (SSSR count). The van der Waals surface area contributed by atoms with Gasteiger partial charge in [0.15, 0.2) is 0 Å². The lowest BCUT2D eigenvalue weighted by Crippen LogP contribution is -2.07. The number of hydrogen-bond donors (Lipinski definition) is 0. The van der Waals surface area contributed by atoms with Gasteiger partial charge in [0.2, 0.25) is 0 Å². The molecule has 0 N–H and O–H groups in total. The van der Waals surface area contributed by atoms with Gasteiger partial charge in [-0.3, -0.25) is 0 Å². The Bertz CT molecular complexity index is 621. The zero-order chi connectivity index (χ0) is 14.2. The maximum Gasteiger partial charge on any atom is 0.416 e. The van der Waals surface area contributed by atoms with E-state index < -0.39 is 11.7 Å². The van der Waals surface area contributed by atoms with Crippen LogP contribution in [-0.4, -0.2) is 4.98 Å². The lowest BCUT2D eigenvalue weighted by Gasteiger charge is -2.13. The quantitative estimate of drug-likeness (QED) is 0.669. The topological polar surface area (TPSA) is 12.9 Å². The summed E-state index contributed by atoms with van der Waals surface area (Å²) in [6, 6.07) is 5.93. The lowest BCUT2D eigenvalue weighted by atomic mass is 9.97. The fraction of sp³-hybridized carbons (Fsp3) is 0.214. The molecule has 0 aliphatic rings. The Morgan fingerprint density at radius 2 is 1.79 bits per heavy atom. The van der Waals surface area contributed by atoms with Crippen molar-refractivity contribution in [3.63, 3.8) is 0 Å². The van der Waals surface area contributed by atoms with E-state index in [0.717, 1.165) is 6.07 Å². The third kappa shape index (κ3) is 2.73. The molecule has 0 radical (unpaired) electrons. The third-order valence-corrected chi connectivity index (χ3v) is 3.38. The monoisotopic (exact) mass is 285 g/mol. The van der Waals surface area contributed by atoms with Gasteiger partial charge in [0.05, 0.1) is 5.56 Å². The van der Waals surface area contributed by atoms with Gasteiger partial charge in [0.1, 0.15) is 5.15 Å². The van der Waals surface area contributed by atoms with Crippen molar-refractivity contribution in [3.05, 3.63) is 52.3 Å². The van der Waals surface area contributed by atoms with Crippen LogP contribution in [0.25, 0.3) is 11.1 Å². The van der Waals surface area contributed by atoms with Crippen LogP contribution in [0.3, 0.4) is 0 Å². The summed E-state index contributed by atoms with van der Waals surface area (Å²) in [7, 11) is 0. The molecule has 1 heterocycles. The number of aromatic nitrogens is 1. The summed E-state index contributed by atoms with van der Waals surface area (Å²) in [5, 5.41) is 0.298. The van der Waals surface area contributed by atoms with Crippen molar-refractivity contribution < 1.29 is 13.2 Å². The Labute approximate surface area is 114 Å². The van der Waals surface area contributed by atoms with E-state index in [-0.39, 0.29) is 5.56 Å². The molecule has 2 aromatic rings. The summed E-state index contributed by atoms with van der Waals surface area (Å²) >= 11 is 5.89. The van der Waals surface area contributed by atoms with Gasteiger partial charge in [-0.2, -0.15) is 13.2 Å². The third-order valence-electron chi connectivity index (χ3n) is 3.00. The molecular formula is C14H11ClF3N. The molecule has 0 bridgehead atoms. The maximum absolute atomic E-state index is 12.9. The van der Waals surface area contributed by atoms with Crippen LogP contribution in [0, 0.1) is 13.8 Å². The van der Waals surface area contributed by atoms with Crippen LogP contribution in [0.4, 0.5) is 13.2 Å². The number of pyridine rings is 1. The highest BCUT2D eigenvalue weighted by Crippen LogP contribution is 2.35. The van der Waals surface area contributed by atoms with E-state index in [4.69, 9.17) is 11.6 Å². The van der Waals surface area contributed by atoms with Crippen molar-refractivity contribution in [1.29, 1.82) is 0 Å². The van der Waals surface area contributed by atoms with E-state index in [9.17, 15) is 13.2 Å². The number of alkyl halides is 3. The Kier molecular flexibility index (Phi) is 3.54. The Balaban J connectivity index is 2.62. The van der Waals surface area contributed by atoms with Crippen molar-refractivity contribution in [2.45, 2.75) is 20.0 Å². The van der Waals surface area contributed by atoms with E-state index in [2.05, 4.69) is 4.98 Å². The SMILES string of the molecule is Cc1ccc(-c2ccnc(Cl)c2C)cc1C(F)(F)F. The average Bonchev–Trinajstić information content (AvgIpc) is 2.32. The van der Waals surface area contributed by atoms with Crippen molar-refractivity contribution in [2.24, 2.45) is 0 Å². The Morgan fingerprint density at radius 1 is 1.11 bits per heavy atom. The van der Waals surface area contributed by atoms with Crippen LogP contribution in [0.2, 0.25) is 5.15 Å². The maximum atomic E-state index is 12.9. The van der Waals surface area contributed by atoms with Crippen LogP contribution in [0.5, 0.6) is 0 Å². The summed E-state index contributed by atoms with van der Waals surface area (Å²) in [4.78, 5) is 3.90. The second-order valence-electron chi connectivity index (χ2n) is 4.30. The molecule has 0 unspecified atom stereocenters. The molecule has 100 valence electrons. The first-order valence-electron chi connectivity index (χ1n) is 5.60. The summed E-state index contributed by atoms with van der Waals surface area (Å²) in [6.45, 7) is 3.18. The minimum Gasteiger partial charge on any atom is -0.244 e. The van der Waals surface area contributed by atoms with Gasteiger partial charge in [-0.15, -0.1) is 0 Å². The van der Waals surface area contributed by atoms with E-state index in [1.807, 2.05) is 0 Å². The first kappa shape index (κ1) is 13.9. The standard InChI is InChI=1S/C14H11ClF3N/c1-8-3-4-10(7-12(8)14(16,17)18)11-5-6-19-13(15)9(11)2/h3-7H,1-2H3. The zero-order valence-electron chi connectivity index (χ0n) is 10.3. The van der Waals surface area contributed by atoms with Gasteiger partial charge in [-0.25, -0.2) is 4.98 Å². The van der Waals surface area contributed by atoms with Gasteiger partial charge in [-0.05, 0) is 48.2 Å². The first-order valence-corrected chi connectivity index (χ1v) is 5.98. The molecule has 1 aromatic heterocycles. The van der Waals surface area contributed by atoms with E-state index in [1.165, 1.54) is 19.2 Å². The molecule has 1 nitrogen and oxygen atoms in total. The first-order chi connectivity index (χ1) is 8.80. The summed E-state index contributed by atoms with van der Waals surface area (Å²) in [5.74, 6) is 0. The van der Waals surface area contributed by atoms with Crippen molar-refractivity contribution in [1.82, 2.24) is 4.98 Å². The molecule has 0 fully saturated rings. The van der Waals surface area contributed by atoms with Gasteiger partial charge < -0.3 is 0 Å². The molecule has 19 heavy (non-hydrogen) atoms. The molecule has 0 aliphatic heterocycles. The molecule has 0 atom stereocenters. The highest BCUT2D eigenvalue weighted by molar-refractivity contribution is 6.30. The molecule has 1 aromatic carbocycles. The lowest BCUT2D eigenvalue weighted by molar-refractivity contribution is -0.138. The normalized spacial score (nSPS) is 11.7. The van der Waals surface area contributed by atoms with Crippen molar-refractivity contribution in [2.75, 3.05) is 0 Å². The zero-order valence-corrected chi connectivity index (χ0v) is 11.1. The van der Waals surface area contributed by atoms with Crippen molar-refractivity contribution >= 4 is 11.6 Å². The summed E-state index contributed by atoms with van der Waals surface area (Å²) in [5.41, 5.74) is 1.39. The number of rotatable bonds is 1. The van der Waals surface area contributed by atoms with E-state index >= 15 is 0 Å². The Morgan fingerprint density at radius 3 is 2.42 bits per heavy atom. The number of nitrogens with zero attached hydrogens (tertiary/aromatic N) is 1. The van der Waals surface area contributed by atoms with Crippen LogP contribution < -0.4 is 0 Å². The summed E-state index contributed by atoms with van der Waals surface area (Å²) in [6.07, 6.45) is -2.87. The molecular weight excluding hydrogens is 275 g/mol. The van der Waals surface area contributed by atoms with Crippen molar-refractivity contribution in [3.8, 4) is 11.1 Å². The van der Waals surface area contributed by atoms with Gasteiger partial charge >= 0.3 is 6.18 Å². The number of halogens is 4. The smallest absolute Gasteiger partial charge is 0.244 e. The fourth-order valence-electron chi connectivity index (χ4n) is 1.92. The number of benzene rings is 1. The molecule has 0 saturated heterocycles. The number of hydrogen-bond acceptors (Lipinski definition) is 1. The minimum atomic E-state index is -4.36. The van der Waals surface area contributed by atoms with Crippen LogP contribution in [0.1, 0.15) is 16.7 Å². The highest BCUT2D eigenvalue weighted by atomic mass is 35.5. The number of aryl methyl sites for hydroxylation is 1. The van der Waals surface area contributed by atoms with E-state index in [0.29, 0.717) is 21.8 Å². The van der Waals surface area contributed by atoms with Gasteiger partial charge in [-0.1, -0.05) is 23.7 Å². The Hall–Kier alpha value is -1.55. The molecule has 0 aliphatic carbocycles. The van der Waals surface area contributed by atoms with Gasteiger partial charge in [0, 0.05) is 6.20 Å². The average molecular weight is 286 g/mol. The molecule has 0 saturated carbocycles. The predicted octanol–water partition coefficient (Wildman–Crippen LogP) is 5.04. The fourth-order valence-corrected chi connectivity index (χ4v) is 2.08. The highest BCUT2D eigenvalue weighted by Gasteiger charge is 2.32. The van der Waals surface area contributed by atoms with E-state index in [1.54, 1.807) is 19.1 Å². The van der Waals surface area contributed by atoms with Crippen LogP contribution in [0.15, 0.2) is 30.5 Å². The summed E-state index contributed by atoms with van der Waals surface area (Å²) < 4.78 is 38.7. The second kappa shape index (κ2) is 4.85. The second-order valence-corrected chi connectivity index (χ2v) is 4.66. The predicted molar refractivity (Wildman–Crippen MR) is 69.2 cm³/mol. The molecule has 5 heteroatoms. The molecule has 0 spiro atoms. The minimum absolute atomic E-state index is 0.203.